The summed E-state index contributed by atoms with van der Waals surface area (Å²) in [5, 5.41) is 8.50. The lowest BCUT2D eigenvalue weighted by atomic mass is 9.86. The van der Waals surface area contributed by atoms with Crippen molar-refractivity contribution in [3.8, 4) is 11.5 Å². The van der Waals surface area contributed by atoms with Crippen molar-refractivity contribution in [2.45, 2.75) is 63.7 Å². The molecule has 0 radical (unpaired) electrons. The summed E-state index contributed by atoms with van der Waals surface area (Å²) >= 11 is 13.8. The Morgan fingerprint density at radius 2 is 2.00 bits per heavy atom. The molecule has 1 aromatic heterocycles. The second-order valence-corrected chi connectivity index (χ2v) is 13.3. The van der Waals surface area contributed by atoms with Crippen LogP contribution >= 0.6 is 34.5 Å². The number of hydrogen-bond donors (Lipinski definition) is 2. The van der Waals surface area contributed by atoms with E-state index >= 15 is 0 Å². The predicted molar refractivity (Wildman–Crippen MR) is 169 cm³/mol. The summed E-state index contributed by atoms with van der Waals surface area (Å²) in [7, 11) is 1.68. The van der Waals surface area contributed by atoms with Gasteiger partial charge >= 0.3 is 0 Å². The van der Waals surface area contributed by atoms with E-state index < -0.39 is 5.82 Å². The van der Waals surface area contributed by atoms with Gasteiger partial charge in [-0.05, 0) is 67.5 Å². The SMILES string of the molecule is COc1cccc(CN(C(=O)C2=C(c3cnc(CCCOc4c(Cl)cc(F)cc4Cl)s3)CC3CNCC2N3)C2CC2)c1C. The van der Waals surface area contributed by atoms with Crippen LogP contribution in [0.4, 0.5) is 4.39 Å². The lowest BCUT2D eigenvalue weighted by Gasteiger charge is -2.40. The number of amides is 1. The second-order valence-electron chi connectivity index (χ2n) is 11.3. The Bertz CT molecular complexity index is 1520. The number of benzene rings is 2. The molecule has 7 nitrogen and oxygen atoms in total. The van der Waals surface area contributed by atoms with Crippen molar-refractivity contribution in [2.24, 2.45) is 0 Å². The number of rotatable bonds is 11. The maximum Gasteiger partial charge on any atom is 0.252 e. The zero-order chi connectivity index (χ0) is 30.1. The zero-order valence-electron chi connectivity index (χ0n) is 24.2. The number of thiazole rings is 1. The number of carbonyl (C=O) groups excluding carboxylic acids is 1. The summed E-state index contributed by atoms with van der Waals surface area (Å²) in [5.74, 6) is 0.733. The lowest BCUT2D eigenvalue weighted by molar-refractivity contribution is -0.128. The Morgan fingerprint density at radius 3 is 2.74 bits per heavy atom. The van der Waals surface area contributed by atoms with Gasteiger partial charge in [0.05, 0.1) is 39.7 Å². The lowest BCUT2D eigenvalue weighted by Crippen LogP contribution is -2.59. The van der Waals surface area contributed by atoms with Crippen molar-refractivity contribution in [1.29, 1.82) is 0 Å². The molecule has 6 rings (SSSR count). The van der Waals surface area contributed by atoms with Gasteiger partial charge in [-0.1, -0.05) is 35.3 Å². The van der Waals surface area contributed by atoms with Crippen LogP contribution in [0.1, 0.15) is 46.7 Å². The topological polar surface area (TPSA) is 75.7 Å². The van der Waals surface area contributed by atoms with Crippen LogP contribution in [0.25, 0.3) is 5.57 Å². The van der Waals surface area contributed by atoms with Crippen LogP contribution < -0.4 is 20.1 Å². The van der Waals surface area contributed by atoms with Crippen LogP contribution in [0, 0.1) is 12.7 Å². The molecule has 3 aromatic rings. The molecule has 11 heteroatoms. The smallest absolute Gasteiger partial charge is 0.252 e. The van der Waals surface area contributed by atoms with Gasteiger partial charge in [0.2, 0.25) is 0 Å². The van der Waals surface area contributed by atoms with E-state index in [2.05, 4.69) is 28.5 Å². The Labute approximate surface area is 265 Å². The van der Waals surface area contributed by atoms with Gasteiger partial charge in [-0.2, -0.15) is 0 Å². The van der Waals surface area contributed by atoms with Gasteiger partial charge in [0.25, 0.3) is 5.91 Å². The van der Waals surface area contributed by atoms with Gasteiger partial charge in [0, 0.05) is 49.9 Å². The summed E-state index contributed by atoms with van der Waals surface area (Å²) in [6.07, 6.45) is 6.13. The van der Waals surface area contributed by atoms with Gasteiger partial charge in [0.15, 0.2) is 5.75 Å². The molecule has 2 fully saturated rings. The molecule has 3 aliphatic rings. The van der Waals surface area contributed by atoms with Crippen molar-refractivity contribution in [1.82, 2.24) is 20.5 Å². The fraction of sp³-hybridized carbons (Fsp3) is 0.438. The Balaban J connectivity index is 1.21. The number of methoxy groups -OCH3 is 1. The van der Waals surface area contributed by atoms with Gasteiger partial charge in [-0.3, -0.25) is 4.79 Å². The predicted octanol–water partition coefficient (Wildman–Crippen LogP) is 6.20. The first-order valence-electron chi connectivity index (χ1n) is 14.7. The minimum atomic E-state index is -0.502. The van der Waals surface area contributed by atoms with Crippen molar-refractivity contribution in [2.75, 3.05) is 26.8 Å². The minimum absolute atomic E-state index is 0.0492. The van der Waals surface area contributed by atoms with E-state index in [1.54, 1.807) is 18.4 Å². The summed E-state index contributed by atoms with van der Waals surface area (Å²) in [6, 6.07) is 8.89. The molecule has 1 saturated heterocycles. The molecule has 1 saturated carbocycles. The molecule has 2 bridgehead atoms. The third-order valence-corrected chi connectivity index (χ3v) is 10.0. The number of ether oxygens (including phenoxy) is 2. The Morgan fingerprint density at radius 1 is 1.21 bits per heavy atom. The number of nitrogens with zero attached hydrogens (tertiary/aromatic N) is 2. The van der Waals surface area contributed by atoms with Crippen LogP contribution in [-0.2, 0) is 17.8 Å². The van der Waals surface area contributed by atoms with Gasteiger partial charge in [-0.15, -0.1) is 11.3 Å². The molecule has 2 atom stereocenters. The summed E-state index contributed by atoms with van der Waals surface area (Å²) in [4.78, 5) is 22.3. The number of fused-ring (bicyclic) bond motifs is 2. The molecule has 1 aliphatic carbocycles. The number of piperazine rings is 1. The van der Waals surface area contributed by atoms with E-state index in [0.717, 1.165) is 70.3 Å². The van der Waals surface area contributed by atoms with Crippen molar-refractivity contribution in [3.05, 3.63) is 79.0 Å². The zero-order valence-corrected chi connectivity index (χ0v) is 26.5. The Kier molecular flexibility index (Phi) is 9.26. The summed E-state index contributed by atoms with van der Waals surface area (Å²) < 4.78 is 24.8. The van der Waals surface area contributed by atoms with Crippen molar-refractivity contribution >= 4 is 46.0 Å². The first-order valence-corrected chi connectivity index (χ1v) is 16.2. The fourth-order valence-corrected chi connectivity index (χ4v) is 7.57. The fourth-order valence-electron chi connectivity index (χ4n) is 5.97. The average Bonchev–Trinajstić information content (AvgIpc) is 3.72. The molecule has 228 valence electrons. The maximum absolute atomic E-state index is 14.5. The quantitative estimate of drug-likeness (QED) is 0.242. The Hall–Kier alpha value is -2.69. The number of carbonyl (C=O) groups is 1. The molecular weight excluding hydrogens is 610 g/mol. The van der Waals surface area contributed by atoms with Crippen molar-refractivity contribution in [3.63, 3.8) is 0 Å². The molecule has 2 aliphatic heterocycles. The van der Waals surface area contributed by atoms with Gasteiger partial charge in [0.1, 0.15) is 11.6 Å². The first-order chi connectivity index (χ1) is 20.8. The molecule has 1 amide bonds. The number of aromatic nitrogens is 1. The van der Waals surface area contributed by atoms with E-state index in [9.17, 15) is 9.18 Å². The third kappa shape index (κ3) is 6.71. The number of aryl methyl sites for hydroxylation is 1. The number of nitrogens with one attached hydrogen (secondary N) is 2. The highest BCUT2D eigenvalue weighted by molar-refractivity contribution is 7.12. The van der Waals surface area contributed by atoms with Gasteiger partial charge < -0.3 is 25.0 Å². The molecule has 0 spiro atoms. The summed E-state index contributed by atoms with van der Waals surface area (Å²) in [5.41, 5.74) is 4.14. The van der Waals surface area contributed by atoms with E-state index in [4.69, 9.17) is 37.7 Å². The van der Waals surface area contributed by atoms with E-state index in [0.29, 0.717) is 26.0 Å². The molecule has 2 unspecified atom stereocenters. The van der Waals surface area contributed by atoms with E-state index in [-0.39, 0.29) is 39.8 Å². The molecule has 3 heterocycles. The second kappa shape index (κ2) is 13.1. The maximum atomic E-state index is 14.5. The standard InChI is InChI=1S/C32H35Cl2FN4O3S/c1-18-19(5-3-6-27(18)41-2)17-39(22-8-9-22)32(40)30-23(13-21-14-36-15-26(30)38-21)28-16-37-29(43-28)7-4-10-42-31-24(33)11-20(35)12-25(31)34/h3,5-6,11-12,16,21-22,26,36,38H,4,7-10,13-15,17H2,1-2H3. The van der Waals surface area contributed by atoms with Crippen LogP contribution in [0.2, 0.25) is 10.0 Å². The van der Waals surface area contributed by atoms with Gasteiger partial charge in [-0.25, -0.2) is 9.37 Å². The summed E-state index contributed by atoms with van der Waals surface area (Å²) in [6.45, 7) is 4.57. The highest BCUT2D eigenvalue weighted by Gasteiger charge is 2.41. The first kappa shape index (κ1) is 30.3. The van der Waals surface area contributed by atoms with Crippen LogP contribution in [0.5, 0.6) is 11.5 Å². The largest absolute Gasteiger partial charge is 0.496 e. The number of halogens is 3. The average molecular weight is 646 g/mol. The van der Waals surface area contributed by atoms with Crippen molar-refractivity contribution < 1.29 is 18.7 Å². The molecular formula is C32H35Cl2FN4O3S. The highest BCUT2D eigenvalue weighted by Crippen LogP contribution is 2.39. The molecule has 43 heavy (non-hydrogen) atoms. The highest BCUT2D eigenvalue weighted by atomic mass is 35.5. The van der Waals surface area contributed by atoms with E-state index in [1.807, 2.05) is 18.3 Å². The number of hydrogen-bond acceptors (Lipinski definition) is 7. The molecule has 2 aromatic carbocycles. The van der Waals surface area contributed by atoms with Crippen LogP contribution in [-0.4, -0.2) is 60.7 Å². The monoisotopic (exact) mass is 644 g/mol. The van der Waals surface area contributed by atoms with Crippen LogP contribution in [0.15, 0.2) is 42.1 Å². The normalized spacial score (nSPS) is 19.8. The van der Waals surface area contributed by atoms with Crippen LogP contribution in [0.3, 0.4) is 0 Å². The third-order valence-electron chi connectivity index (χ3n) is 8.33. The minimum Gasteiger partial charge on any atom is -0.496 e. The van der Waals surface area contributed by atoms with E-state index in [1.165, 1.54) is 12.1 Å². The molecule has 2 N–H and O–H groups in total.